The molecule has 0 radical (unpaired) electrons. The maximum atomic E-state index is 12.9. The summed E-state index contributed by atoms with van der Waals surface area (Å²) in [7, 11) is 0. The van der Waals surface area contributed by atoms with Crippen LogP contribution in [0.2, 0.25) is 10.0 Å². The van der Waals surface area contributed by atoms with Crippen molar-refractivity contribution in [1.29, 1.82) is 0 Å². The molecule has 0 spiro atoms. The van der Waals surface area contributed by atoms with Crippen molar-refractivity contribution >= 4 is 52.5 Å². The number of nitrogens with zero attached hydrogens (tertiary/aromatic N) is 4. The Bertz CT molecular complexity index is 931. The highest BCUT2D eigenvalue weighted by molar-refractivity contribution is 6.42. The number of hydrogen-bond donors (Lipinski definition) is 2. The second kappa shape index (κ2) is 10.4. The summed E-state index contributed by atoms with van der Waals surface area (Å²) in [6, 6.07) is 2.40. The predicted molar refractivity (Wildman–Crippen MR) is 121 cm³/mol. The predicted octanol–water partition coefficient (Wildman–Crippen LogP) is 4.43. The molecular weight excluding hydrogens is 429 g/mol. The molecule has 1 aromatic heterocycles. The van der Waals surface area contributed by atoms with E-state index < -0.39 is 11.9 Å². The first-order valence-corrected chi connectivity index (χ1v) is 10.4. The SMILES string of the molecule is CCN(CC)c1ncc(NC(=O)c2cc(Cl)c(Cl)cc2C(=O)O)c(N(CC)CC)n1. The molecule has 0 aliphatic heterocycles. The summed E-state index contributed by atoms with van der Waals surface area (Å²) in [4.78, 5) is 37.5. The number of carboxylic acid groups (broad SMARTS) is 1. The summed E-state index contributed by atoms with van der Waals surface area (Å²) in [5, 5.41) is 12.3. The Morgan fingerprint density at radius 2 is 1.50 bits per heavy atom. The first-order valence-electron chi connectivity index (χ1n) is 9.67. The minimum atomic E-state index is -1.28. The van der Waals surface area contributed by atoms with Gasteiger partial charge in [0.1, 0.15) is 5.69 Å². The molecule has 1 heterocycles. The van der Waals surface area contributed by atoms with Crippen LogP contribution in [0.3, 0.4) is 0 Å². The van der Waals surface area contributed by atoms with Gasteiger partial charge in [0.15, 0.2) is 5.82 Å². The van der Waals surface area contributed by atoms with Crippen LogP contribution in [0.5, 0.6) is 0 Å². The minimum Gasteiger partial charge on any atom is -0.478 e. The van der Waals surface area contributed by atoms with Crippen molar-refractivity contribution in [1.82, 2.24) is 9.97 Å². The molecule has 0 aliphatic carbocycles. The molecule has 8 nitrogen and oxygen atoms in total. The van der Waals surface area contributed by atoms with E-state index in [9.17, 15) is 14.7 Å². The summed E-state index contributed by atoms with van der Waals surface area (Å²) in [6.07, 6.45) is 1.53. The molecule has 10 heteroatoms. The molecule has 162 valence electrons. The van der Waals surface area contributed by atoms with Crippen molar-refractivity contribution < 1.29 is 14.7 Å². The highest BCUT2D eigenvalue weighted by Gasteiger charge is 2.22. The number of anilines is 3. The maximum Gasteiger partial charge on any atom is 0.336 e. The van der Waals surface area contributed by atoms with Gasteiger partial charge in [-0.3, -0.25) is 4.79 Å². The van der Waals surface area contributed by atoms with Gasteiger partial charge in [-0.2, -0.15) is 4.98 Å². The van der Waals surface area contributed by atoms with Gasteiger partial charge < -0.3 is 20.2 Å². The van der Waals surface area contributed by atoms with Crippen LogP contribution in [-0.2, 0) is 0 Å². The summed E-state index contributed by atoms with van der Waals surface area (Å²) in [5.74, 6) is -0.808. The highest BCUT2D eigenvalue weighted by Crippen LogP contribution is 2.29. The molecule has 1 amide bonds. The molecule has 0 saturated carbocycles. The van der Waals surface area contributed by atoms with E-state index in [-0.39, 0.29) is 21.2 Å². The number of halogens is 2. The van der Waals surface area contributed by atoms with E-state index in [0.29, 0.717) is 30.5 Å². The van der Waals surface area contributed by atoms with Crippen molar-refractivity contribution in [2.24, 2.45) is 0 Å². The van der Waals surface area contributed by atoms with Crippen LogP contribution >= 0.6 is 23.2 Å². The van der Waals surface area contributed by atoms with Crippen molar-refractivity contribution in [2.75, 3.05) is 41.3 Å². The molecule has 1 aromatic carbocycles. The first kappa shape index (κ1) is 23.7. The average Bonchev–Trinajstić information content (AvgIpc) is 2.72. The topological polar surface area (TPSA) is 98.7 Å². The van der Waals surface area contributed by atoms with E-state index in [1.165, 1.54) is 12.3 Å². The third-order valence-corrected chi connectivity index (χ3v) is 5.37. The third-order valence-electron chi connectivity index (χ3n) is 4.65. The van der Waals surface area contributed by atoms with Crippen LogP contribution in [0.25, 0.3) is 0 Å². The van der Waals surface area contributed by atoms with Crippen molar-refractivity contribution in [3.8, 4) is 0 Å². The van der Waals surface area contributed by atoms with Gasteiger partial charge >= 0.3 is 5.97 Å². The minimum absolute atomic E-state index is 0.0568. The van der Waals surface area contributed by atoms with Crippen molar-refractivity contribution in [3.63, 3.8) is 0 Å². The number of aromatic nitrogens is 2. The van der Waals surface area contributed by atoms with Gasteiger partial charge in [0.25, 0.3) is 5.91 Å². The van der Waals surface area contributed by atoms with Crippen LogP contribution in [0, 0.1) is 0 Å². The third kappa shape index (κ3) is 5.12. The number of amides is 1. The van der Waals surface area contributed by atoms with Gasteiger partial charge in [-0.25, -0.2) is 9.78 Å². The number of benzene rings is 1. The van der Waals surface area contributed by atoms with E-state index in [0.717, 1.165) is 19.2 Å². The number of carboxylic acids is 1. The summed E-state index contributed by atoms with van der Waals surface area (Å²) >= 11 is 11.9. The van der Waals surface area contributed by atoms with Crippen LogP contribution in [0.15, 0.2) is 18.3 Å². The van der Waals surface area contributed by atoms with Crippen molar-refractivity contribution in [3.05, 3.63) is 39.5 Å². The molecule has 0 saturated heterocycles. The molecule has 0 unspecified atom stereocenters. The van der Waals surface area contributed by atoms with Crippen LogP contribution < -0.4 is 15.1 Å². The average molecular weight is 454 g/mol. The van der Waals surface area contributed by atoms with Crippen molar-refractivity contribution in [2.45, 2.75) is 27.7 Å². The lowest BCUT2D eigenvalue weighted by molar-refractivity contribution is 0.0692. The summed E-state index contributed by atoms with van der Waals surface area (Å²) < 4.78 is 0. The van der Waals surface area contributed by atoms with Gasteiger partial charge in [-0.1, -0.05) is 23.2 Å². The van der Waals surface area contributed by atoms with Gasteiger partial charge in [0, 0.05) is 26.2 Å². The first-order chi connectivity index (χ1) is 14.3. The largest absolute Gasteiger partial charge is 0.478 e. The number of carbonyl (C=O) groups is 2. The second-order valence-corrected chi connectivity index (χ2v) is 7.14. The Balaban J connectivity index is 2.50. The van der Waals surface area contributed by atoms with Crippen LogP contribution in [0.1, 0.15) is 48.4 Å². The van der Waals surface area contributed by atoms with Gasteiger partial charge in [0.2, 0.25) is 5.95 Å². The Kier molecular flexibility index (Phi) is 8.25. The Morgan fingerprint density at radius 3 is 2.00 bits per heavy atom. The molecule has 2 N–H and O–H groups in total. The fraction of sp³-hybridized carbons (Fsp3) is 0.400. The number of rotatable bonds is 9. The summed E-state index contributed by atoms with van der Waals surface area (Å²) in [5.41, 5.74) is 0.0317. The number of carbonyl (C=O) groups excluding carboxylic acids is 1. The van der Waals surface area contributed by atoms with Crippen LogP contribution in [-0.4, -0.2) is 53.1 Å². The molecule has 0 bridgehead atoms. The number of nitrogens with one attached hydrogen (secondary N) is 1. The van der Waals surface area contributed by atoms with E-state index in [4.69, 9.17) is 23.2 Å². The van der Waals surface area contributed by atoms with Gasteiger partial charge in [-0.05, 0) is 39.8 Å². The second-order valence-electron chi connectivity index (χ2n) is 6.32. The Labute approximate surface area is 185 Å². The Morgan fingerprint density at radius 1 is 0.967 bits per heavy atom. The fourth-order valence-corrected chi connectivity index (χ4v) is 3.30. The summed E-state index contributed by atoms with van der Waals surface area (Å²) in [6.45, 7) is 10.8. The standard InChI is InChI=1S/C20H25Cl2N5O3/c1-5-26(6-2)17-16(11-23-20(25-17)27(7-3)8-4)24-18(28)12-9-14(21)15(22)10-13(12)19(29)30/h9-11H,5-8H2,1-4H3,(H,24,28)(H,29,30). The van der Waals surface area contributed by atoms with Gasteiger partial charge in [0.05, 0.1) is 27.4 Å². The van der Waals surface area contributed by atoms with E-state index >= 15 is 0 Å². The zero-order chi connectivity index (χ0) is 22.4. The molecule has 2 aromatic rings. The quantitative estimate of drug-likeness (QED) is 0.579. The van der Waals surface area contributed by atoms with E-state index in [2.05, 4.69) is 15.3 Å². The lowest BCUT2D eigenvalue weighted by atomic mass is 10.1. The monoisotopic (exact) mass is 453 g/mol. The normalized spacial score (nSPS) is 10.6. The molecule has 0 atom stereocenters. The Hall–Kier alpha value is -2.58. The lowest BCUT2D eigenvalue weighted by Crippen LogP contribution is -2.29. The molecule has 0 fully saturated rings. The van der Waals surface area contributed by atoms with E-state index in [1.807, 2.05) is 37.5 Å². The smallest absolute Gasteiger partial charge is 0.336 e. The van der Waals surface area contributed by atoms with E-state index in [1.54, 1.807) is 0 Å². The number of aromatic carboxylic acids is 1. The zero-order valence-corrected chi connectivity index (χ0v) is 18.9. The molecule has 30 heavy (non-hydrogen) atoms. The maximum absolute atomic E-state index is 12.9. The lowest BCUT2D eigenvalue weighted by Gasteiger charge is -2.26. The number of hydrogen-bond acceptors (Lipinski definition) is 6. The zero-order valence-electron chi connectivity index (χ0n) is 17.4. The fourth-order valence-electron chi connectivity index (χ4n) is 2.98. The molecule has 0 aliphatic rings. The molecule has 2 rings (SSSR count). The molecular formula is C20H25Cl2N5O3. The highest BCUT2D eigenvalue weighted by atomic mass is 35.5. The van der Waals surface area contributed by atoms with Crippen LogP contribution in [0.4, 0.5) is 17.5 Å². The van der Waals surface area contributed by atoms with Gasteiger partial charge in [-0.15, -0.1) is 0 Å².